The predicted molar refractivity (Wildman–Crippen MR) is 180 cm³/mol. The number of carbonyl (C=O) groups is 3. The van der Waals surface area contributed by atoms with Crippen molar-refractivity contribution >= 4 is 40.0 Å². The van der Waals surface area contributed by atoms with Crippen LogP contribution < -0.4 is 16.0 Å². The van der Waals surface area contributed by atoms with Crippen LogP contribution in [0.5, 0.6) is 0 Å². The number of benzene rings is 1. The minimum absolute atomic E-state index is 0.00837. The second-order valence-electron chi connectivity index (χ2n) is 12.4. The van der Waals surface area contributed by atoms with Gasteiger partial charge in [-0.15, -0.1) is 0 Å². The molecule has 2 heterocycles. The average Bonchev–Trinajstić information content (AvgIpc) is 3.77. The molecule has 1 saturated carbocycles. The molecule has 20 heteroatoms. The zero-order chi connectivity index (χ0) is 36.5. The molecule has 3 amide bonds. The van der Waals surface area contributed by atoms with E-state index in [4.69, 9.17) is 9.31 Å². The van der Waals surface area contributed by atoms with Crippen molar-refractivity contribution in [3.8, 4) is 11.8 Å². The molecule has 50 heavy (non-hydrogen) atoms. The lowest BCUT2D eigenvalue weighted by atomic mass is 9.71. The van der Waals surface area contributed by atoms with Crippen molar-refractivity contribution in [3.05, 3.63) is 60.2 Å². The molecule has 1 unspecified atom stereocenters. The van der Waals surface area contributed by atoms with Gasteiger partial charge in [0.25, 0.3) is 11.8 Å². The van der Waals surface area contributed by atoms with Crippen LogP contribution in [0.2, 0.25) is 0 Å². The summed E-state index contributed by atoms with van der Waals surface area (Å²) in [4.78, 5) is 85.8. The standard InChI is InChI=1S/C30H41BN6O11P2/c1-21(2)23-19-30(23,36-28(40)24(11-10-22-7-4-3-5-8-22)34-27(39)25-20-32-12-13-33-25)31-47-17-15-37(16-18-48-31)14-6-9-26(38)35-29(49(41,42)43)50(44,45)46/h3-5,7-8,12-13,20-21,23-24,29H,6,9,14-19H2,1-2H3,(H,34,39)(H,35,38)(H,36,40)(H2,41,42,43)(H2,44,45,46)/t23-,24?,30-/m0/s1. The topological polar surface area (TPSA) is 250 Å². The van der Waals surface area contributed by atoms with Crippen LogP contribution in [0, 0.1) is 23.7 Å². The first-order valence-electron chi connectivity index (χ1n) is 15.9. The Hall–Kier alpha value is -3.49. The van der Waals surface area contributed by atoms with Gasteiger partial charge in [-0.1, -0.05) is 43.9 Å². The van der Waals surface area contributed by atoms with Gasteiger partial charge < -0.3 is 44.8 Å². The molecular formula is C30H41BN6O11P2. The summed E-state index contributed by atoms with van der Waals surface area (Å²) in [5.74, 6) is 3.93. The van der Waals surface area contributed by atoms with E-state index in [-0.39, 0.29) is 43.6 Å². The van der Waals surface area contributed by atoms with Crippen molar-refractivity contribution in [2.45, 2.75) is 50.1 Å². The summed E-state index contributed by atoms with van der Waals surface area (Å²) in [7, 11) is -11.4. The van der Waals surface area contributed by atoms with E-state index in [0.29, 0.717) is 31.6 Å². The van der Waals surface area contributed by atoms with Gasteiger partial charge in [0, 0.05) is 50.7 Å². The van der Waals surface area contributed by atoms with Gasteiger partial charge in [0.15, 0.2) is 6.04 Å². The number of aromatic nitrogens is 2. The first-order chi connectivity index (χ1) is 23.6. The number of hydrogen-bond donors (Lipinski definition) is 7. The molecule has 17 nitrogen and oxygen atoms in total. The smallest absolute Gasteiger partial charge is 0.408 e. The fourth-order valence-electron chi connectivity index (χ4n) is 5.68. The zero-order valence-corrected chi connectivity index (χ0v) is 29.3. The SMILES string of the molecule is CC(C)[C@@H]1C[C@@]1(NC(=O)C(C#Cc1ccccc1)NC(=O)c1cnccn1)B1OCCN(CCCC(=O)NC(P(=O)(O)O)P(=O)(O)O)CCO1. The first kappa shape index (κ1) is 39.3. The van der Waals surface area contributed by atoms with E-state index in [2.05, 4.69) is 32.4 Å². The van der Waals surface area contributed by atoms with E-state index in [1.165, 1.54) is 18.6 Å². The van der Waals surface area contributed by atoms with Crippen LogP contribution in [-0.2, 0) is 28.0 Å². The van der Waals surface area contributed by atoms with Gasteiger partial charge in [-0.05, 0) is 43.4 Å². The monoisotopic (exact) mass is 734 g/mol. The molecule has 0 spiro atoms. The van der Waals surface area contributed by atoms with Gasteiger partial charge >= 0.3 is 22.3 Å². The molecule has 4 rings (SSSR count). The lowest BCUT2D eigenvalue weighted by molar-refractivity contribution is -0.123. The molecule has 270 valence electrons. The van der Waals surface area contributed by atoms with Gasteiger partial charge in [0.1, 0.15) is 5.69 Å². The van der Waals surface area contributed by atoms with Gasteiger partial charge in [0.05, 0.1) is 11.6 Å². The Morgan fingerprint density at radius 3 is 2.26 bits per heavy atom. The van der Waals surface area contributed by atoms with Crippen LogP contribution >= 0.6 is 15.2 Å². The Labute approximate surface area is 289 Å². The maximum absolute atomic E-state index is 13.9. The van der Waals surface area contributed by atoms with Crippen LogP contribution in [0.15, 0.2) is 48.9 Å². The van der Waals surface area contributed by atoms with Crippen molar-refractivity contribution in [3.63, 3.8) is 0 Å². The van der Waals surface area contributed by atoms with Crippen LogP contribution in [0.25, 0.3) is 0 Å². The highest BCUT2D eigenvalue weighted by atomic mass is 31.2. The molecular weight excluding hydrogens is 693 g/mol. The van der Waals surface area contributed by atoms with Crippen molar-refractivity contribution in [1.82, 2.24) is 30.8 Å². The Balaban J connectivity index is 1.38. The number of amides is 3. The fourth-order valence-corrected chi connectivity index (χ4v) is 7.87. The van der Waals surface area contributed by atoms with Crippen LogP contribution in [0.4, 0.5) is 0 Å². The third-order valence-corrected chi connectivity index (χ3v) is 11.6. The highest BCUT2D eigenvalue weighted by Crippen LogP contribution is 2.58. The summed E-state index contributed by atoms with van der Waals surface area (Å²) in [5, 5.41) is 7.51. The molecule has 7 N–H and O–H groups in total. The third-order valence-electron chi connectivity index (χ3n) is 8.27. The van der Waals surface area contributed by atoms with E-state index >= 15 is 0 Å². The highest BCUT2D eigenvalue weighted by molar-refractivity contribution is 7.70. The summed E-state index contributed by atoms with van der Waals surface area (Å²) in [6, 6.07) is 7.79. The number of rotatable bonds is 13. The van der Waals surface area contributed by atoms with E-state index in [0.717, 1.165) is 0 Å². The summed E-state index contributed by atoms with van der Waals surface area (Å²) in [5.41, 5.74) is -2.81. The molecule has 2 aliphatic rings. The van der Waals surface area contributed by atoms with Gasteiger partial charge in [-0.3, -0.25) is 33.4 Å². The average molecular weight is 734 g/mol. The normalized spacial score (nSPS) is 20.6. The number of nitrogens with zero attached hydrogens (tertiary/aromatic N) is 3. The van der Waals surface area contributed by atoms with Gasteiger partial charge in [-0.25, -0.2) is 4.98 Å². The molecule has 1 aliphatic carbocycles. The summed E-state index contributed by atoms with van der Waals surface area (Å²) in [6.07, 6.45) is 4.65. The first-order valence-corrected chi connectivity index (χ1v) is 19.3. The zero-order valence-electron chi connectivity index (χ0n) is 27.5. The fraction of sp³-hybridized carbons (Fsp3) is 0.500. The lowest BCUT2D eigenvalue weighted by Crippen LogP contribution is -2.59. The molecule has 0 radical (unpaired) electrons. The summed E-state index contributed by atoms with van der Waals surface area (Å²) >= 11 is 0. The summed E-state index contributed by atoms with van der Waals surface area (Å²) in [6.45, 7) is 5.71. The van der Waals surface area contributed by atoms with Crippen LogP contribution in [-0.4, -0.2) is 109 Å². The Morgan fingerprint density at radius 1 is 1.04 bits per heavy atom. The second-order valence-corrected chi connectivity index (χ2v) is 16.2. The Kier molecular flexibility index (Phi) is 13.5. The molecule has 2 fully saturated rings. The molecule has 1 aromatic heterocycles. The van der Waals surface area contributed by atoms with E-state index in [9.17, 15) is 43.1 Å². The van der Waals surface area contributed by atoms with Crippen LogP contribution in [0.3, 0.4) is 0 Å². The number of nitrogens with one attached hydrogen (secondary N) is 3. The minimum atomic E-state index is -5.29. The lowest BCUT2D eigenvalue weighted by Gasteiger charge is -2.32. The summed E-state index contributed by atoms with van der Waals surface area (Å²) < 4.78 is 35.2. The predicted octanol–water partition coefficient (Wildman–Crippen LogP) is 0.0692. The van der Waals surface area contributed by atoms with Crippen molar-refractivity contribution in [2.24, 2.45) is 11.8 Å². The molecule has 1 aliphatic heterocycles. The van der Waals surface area contributed by atoms with Crippen molar-refractivity contribution in [1.29, 1.82) is 0 Å². The molecule has 2 aromatic rings. The molecule has 3 atom stereocenters. The van der Waals surface area contributed by atoms with E-state index < -0.39 is 57.0 Å². The van der Waals surface area contributed by atoms with Crippen LogP contribution in [0.1, 0.15) is 49.2 Å². The third kappa shape index (κ3) is 11.0. The van der Waals surface area contributed by atoms with E-state index in [1.54, 1.807) is 17.4 Å². The van der Waals surface area contributed by atoms with Gasteiger partial charge in [0.2, 0.25) is 11.4 Å². The van der Waals surface area contributed by atoms with Gasteiger partial charge in [-0.2, -0.15) is 0 Å². The van der Waals surface area contributed by atoms with Crippen molar-refractivity contribution in [2.75, 3.05) is 32.8 Å². The molecule has 1 saturated heterocycles. The van der Waals surface area contributed by atoms with Crippen molar-refractivity contribution < 1.29 is 52.4 Å². The quantitative estimate of drug-likeness (QED) is 0.0818. The molecule has 1 aromatic carbocycles. The highest BCUT2D eigenvalue weighted by Gasteiger charge is 2.66. The second kappa shape index (κ2) is 17.2. The maximum Gasteiger partial charge on any atom is 0.484 e. The Morgan fingerprint density at radius 2 is 1.70 bits per heavy atom. The number of hydrogen-bond acceptors (Lipinski definition) is 10. The minimum Gasteiger partial charge on any atom is -0.408 e. The number of carbonyl (C=O) groups excluding carboxylic acids is 3. The van der Waals surface area contributed by atoms with E-state index in [1.807, 2.05) is 36.9 Å². The Bertz CT molecular complexity index is 1620. The molecule has 0 bridgehead atoms. The maximum atomic E-state index is 13.9. The largest absolute Gasteiger partial charge is 0.484 e.